The maximum atomic E-state index is 12.6. The van der Waals surface area contributed by atoms with Crippen molar-refractivity contribution in [3.63, 3.8) is 0 Å². The summed E-state index contributed by atoms with van der Waals surface area (Å²) >= 11 is 0. The fourth-order valence-electron chi connectivity index (χ4n) is 3.30. The highest BCUT2D eigenvalue weighted by atomic mass is 32.2. The summed E-state index contributed by atoms with van der Waals surface area (Å²) in [5, 5.41) is 3.30. The molecule has 2 aliphatic rings. The lowest BCUT2D eigenvalue weighted by Crippen LogP contribution is -2.31. The first-order valence-electron chi connectivity index (χ1n) is 6.38. The Labute approximate surface area is 107 Å². The average Bonchev–Trinajstić information content (AvgIpc) is 2.69. The van der Waals surface area contributed by atoms with E-state index in [1.54, 1.807) is 18.2 Å². The van der Waals surface area contributed by atoms with Gasteiger partial charge >= 0.3 is 0 Å². The highest BCUT2D eigenvalue weighted by molar-refractivity contribution is 7.91. The van der Waals surface area contributed by atoms with Gasteiger partial charge in [-0.25, -0.2) is 8.42 Å². The molecule has 5 heteroatoms. The predicted molar refractivity (Wildman–Crippen MR) is 72.3 cm³/mol. The van der Waals surface area contributed by atoms with Gasteiger partial charge in [-0.05, 0) is 25.0 Å². The molecule has 98 valence electrons. The van der Waals surface area contributed by atoms with Crippen LogP contribution in [0.15, 0.2) is 23.1 Å². The first-order chi connectivity index (χ1) is 8.53. The third-order valence-electron chi connectivity index (χ3n) is 4.17. The van der Waals surface area contributed by atoms with Crippen LogP contribution in [0.1, 0.15) is 25.7 Å². The van der Waals surface area contributed by atoms with E-state index in [1.807, 2.05) is 0 Å². The molecule has 0 saturated heterocycles. The normalized spacial score (nSPS) is 24.2. The van der Waals surface area contributed by atoms with Crippen LogP contribution in [0.5, 0.6) is 0 Å². The third-order valence-corrected chi connectivity index (χ3v) is 6.24. The van der Waals surface area contributed by atoms with Gasteiger partial charge in [-0.3, -0.25) is 0 Å². The van der Waals surface area contributed by atoms with Crippen molar-refractivity contribution in [2.45, 2.75) is 30.6 Å². The van der Waals surface area contributed by atoms with Crippen molar-refractivity contribution in [1.82, 2.24) is 0 Å². The van der Waals surface area contributed by atoms with Crippen LogP contribution in [0.4, 0.5) is 11.4 Å². The van der Waals surface area contributed by atoms with Gasteiger partial charge in [0.25, 0.3) is 0 Å². The Hall–Kier alpha value is -1.23. The molecule has 0 amide bonds. The Morgan fingerprint density at radius 3 is 2.67 bits per heavy atom. The number of benzene rings is 1. The number of nitrogen functional groups attached to an aromatic ring is 1. The molecule has 1 spiro atoms. The zero-order chi connectivity index (χ0) is 12.8. The summed E-state index contributed by atoms with van der Waals surface area (Å²) in [6.45, 7) is 0.739. The van der Waals surface area contributed by atoms with E-state index in [4.69, 9.17) is 5.73 Å². The van der Waals surface area contributed by atoms with E-state index in [1.165, 1.54) is 0 Å². The molecule has 0 atom stereocenters. The Kier molecular flexibility index (Phi) is 2.55. The quantitative estimate of drug-likeness (QED) is 0.705. The van der Waals surface area contributed by atoms with Crippen LogP contribution in [0, 0.1) is 5.41 Å². The van der Waals surface area contributed by atoms with E-state index in [9.17, 15) is 8.42 Å². The van der Waals surface area contributed by atoms with E-state index in [0.29, 0.717) is 16.3 Å². The second kappa shape index (κ2) is 3.88. The molecule has 1 aromatic carbocycles. The first kappa shape index (κ1) is 11.8. The molecule has 0 bridgehead atoms. The number of sulfone groups is 1. The molecule has 1 heterocycles. The van der Waals surface area contributed by atoms with Gasteiger partial charge in [-0.1, -0.05) is 18.9 Å². The van der Waals surface area contributed by atoms with Gasteiger partial charge in [0.1, 0.15) is 4.90 Å². The summed E-state index contributed by atoms with van der Waals surface area (Å²) in [6.07, 6.45) is 4.24. The number of nitrogens with one attached hydrogen (secondary N) is 1. The lowest BCUT2D eigenvalue weighted by atomic mass is 9.88. The van der Waals surface area contributed by atoms with Crippen molar-refractivity contribution >= 4 is 21.2 Å². The number of fused-ring (bicyclic) bond motifs is 1. The molecular weight excluding hydrogens is 248 g/mol. The summed E-state index contributed by atoms with van der Waals surface area (Å²) in [7, 11) is -3.29. The molecule has 0 radical (unpaired) electrons. The molecule has 1 aliphatic heterocycles. The van der Waals surface area contributed by atoms with Crippen molar-refractivity contribution in [3.05, 3.63) is 18.2 Å². The van der Waals surface area contributed by atoms with Crippen LogP contribution < -0.4 is 11.1 Å². The third kappa shape index (κ3) is 1.77. The fraction of sp³-hybridized carbons (Fsp3) is 0.538. The van der Waals surface area contributed by atoms with E-state index in [-0.39, 0.29) is 11.2 Å². The minimum absolute atomic E-state index is 0.0930. The van der Waals surface area contributed by atoms with E-state index < -0.39 is 9.84 Å². The van der Waals surface area contributed by atoms with Gasteiger partial charge in [-0.2, -0.15) is 0 Å². The van der Waals surface area contributed by atoms with Gasteiger partial charge in [-0.15, -0.1) is 0 Å². The van der Waals surface area contributed by atoms with Crippen molar-refractivity contribution in [3.8, 4) is 0 Å². The van der Waals surface area contributed by atoms with Crippen LogP contribution in [-0.4, -0.2) is 20.7 Å². The standard InChI is InChI=1S/C13H18N2O2S/c14-10-4-3-5-11-12(10)18(16,17)9-13(8-15-11)6-1-2-7-13/h3-5,15H,1-2,6-9,14H2. The summed E-state index contributed by atoms with van der Waals surface area (Å²) in [5.74, 6) is 0.230. The number of nitrogens with two attached hydrogens (primary N) is 1. The summed E-state index contributed by atoms with van der Waals surface area (Å²) in [5.41, 5.74) is 6.78. The zero-order valence-corrected chi connectivity index (χ0v) is 11.1. The Morgan fingerprint density at radius 2 is 1.94 bits per heavy atom. The van der Waals surface area contributed by atoms with Crippen LogP contribution in [-0.2, 0) is 9.84 Å². The van der Waals surface area contributed by atoms with E-state index in [0.717, 1.165) is 32.2 Å². The smallest absolute Gasteiger partial charge is 0.183 e. The highest BCUT2D eigenvalue weighted by Gasteiger charge is 2.42. The summed E-state index contributed by atoms with van der Waals surface area (Å²) < 4.78 is 25.1. The Balaban J connectivity index is 2.12. The Morgan fingerprint density at radius 1 is 1.22 bits per heavy atom. The van der Waals surface area contributed by atoms with Gasteiger partial charge in [0.2, 0.25) is 0 Å². The SMILES string of the molecule is Nc1cccc2c1S(=O)(=O)CC1(CCCC1)CN2. The van der Waals surface area contributed by atoms with Gasteiger partial charge in [0.15, 0.2) is 9.84 Å². The van der Waals surface area contributed by atoms with Crippen LogP contribution in [0.25, 0.3) is 0 Å². The number of hydrogen-bond donors (Lipinski definition) is 2. The molecule has 1 fully saturated rings. The maximum Gasteiger partial charge on any atom is 0.183 e. The molecule has 0 aromatic heterocycles. The van der Waals surface area contributed by atoms with Crippen LogP contribution in [0.3, 0.4) is 0 Å². The monoisotopic (exact) mass is 266 g/mol. The molecule has 1 aliphatic carbocycles. The van der Waals surface area contributed by atoms with Gasteiger partial charge in [0, 0.05) is 12.0 Å². The first-order valence-corrected chi connectivity index (χ1v) is 8.03. The van der Waals surface area contributed by atoms with E-state index in [2.05, 4.69) is 5.32 Å². The maximum absolute atomic E-state index is 12.6. The molecule has 0 unspecified atom stereocenters. The minimum atomic E-state index is -3.29. The summed E-state index contributed by atoms with van der Waals surface area (Å²) in [4.78, 5) is 0.300. The molecule has 1 aromatic rings. The largest absolute Gasteiger partial charge is 0.398 e. The topological polar surface area (TPSA) is 72.2 Å². The Bertz CT molecular complexity index is 575. The summed E-state index contributed by atoms with van der Waals surface area (Å²) in [6, 6.07) is 5.26. The average molecular weight is 266 g/mol. The zero-order valence-electron chi connectivity index (χ0n) is 10.3. The number of hydrogen-bond acceptors (Lipinski definition) is 4. The minimum Gasteiger partial charge on any atom is -0.398 e. The highest BCUT2D eigenvalue weighted by Crippen LogP contribution is 2.44. The molecule has 3 rings (SSSR count). The molecular formula is C13H18N2O2S. The molecule has 1 saturated carbocycles. The predicted octanol–water partition coefficient (Wildman–Crippen LogP) is 2.03. The van der Waals surface area contributed by atoms with Crippen molar-refractivity contribution in [2.75, 3.05) is 23.3 Å². The molecule has 18 heavy (non-hydrogen) atoms. The van der Waals surface area contributed by atoms with Gasteiger partial charge in [0.05, 0.1) is 17.1 Å². The van der Waals surface area contributed by atoms with E-state index >= 15 is 0 Å². The number of rotatable bonds is 0. The second-order valence-electron chi connectivity index (χ2n) is 5.54. The fourth-order valence-corrected chi connectivity index (χ4v) is 5.54. The molecule has 3 N–H and O–H groups in total. The second-order valence-corrected chi connectivity index (χ2v) is 7.47. The van der Waals surface area contributed by atoms with Gasteiger partial charge < -0.3 is 11.1 Å². The molecule has 4 nitrogen and oxygen atoms in total. The van der Waals surface area contributed by atoms with Crippen molar-refractivity contribution in [1.29, 1.82) is 0 Å². The lowest BCUT2D eigenvalue weighted by molar-refractivity contribution is 0.365. The van der Waals surface area contributed by atoms with Crippen LogP contribution in [0.2, 0.25) is 0 Å². The van der Waals surface area contributed by atoms with Crippen molar-refractivity contribution in [2.24, 2.45) is 5.41 Å². The van der Waals surface area contributed by atoms with Crippen LogP contribution >= 0.6 is 0 Å². The van der Waals surface area contributed by atoms with Crippen molar-refractivity contribution < 1.29 is 8.42 Å². The lowest BCUT2D eigenvalue weighted by Gasteiger charge is -2.26. The number of anilines is 2.